The Bertz CT molecular complexity index is 804. The lowest BCUT2D eigenvalue weighted by Crippen LogP contribution is -2.22. The van der Waals surface area contributed by atoms with Gasteiger partial charge in [-0.3, -0.25) is 4.79 Å². The number of carbonyl (C=O) groups excluding carboxylic acids is 1. The minimum atomic E-state index is 0.0742. The van der Waals surface area contributed by atoms with Crippen molar-refractivity contribution in [3.8, 4) is 5.88 Å². The van der Waals surface area contributed by atoms with Crippen LogP contribution >= 0.6 is 11.3 Å². The van der Waals surface area contributed by atoms with E-state index in [4.69, 9.17) is 4.74 Å². The number of thiophene rings is 1. The molecule has 0 aliphatic rings. The molecule has 0 saturated carbocycles. The summed E-state index contributed by atoms with van der Waals surface area (Å²) in [7, 11) is 0. The summed E-state index contributed by atoms with van der Waals surface area (Å²) in [6, 6.07) is 17.9. The van der Waals surface area contributed by atoms with Crippen molar-refractivity contribution in [3.63, 3.8) is 0 Å². The number of hydrogen-bond acceptors (Lipinski definition) is 4. The third-order valence-corrected chi connectivity index (χ3v) is 4.86. The van der Waals surface area contributed by atoms with E-state index >= 15 is 0 Å². The van der Waals surface area contributed by atoms with Gasteiger partial charge in [-0.15, -0.1) is 11.3 Å². The van der Waals surface area contributed by atoms with Crippen LogP contribution in [0.3, 0.4) is 0 Å². The second-order valence-corrected chi connectivity index (χ2v) is 7.02. The normalized spacial score (nSPS) is 10.5. The number of pyridine rings is 1. The number of carbonyl (C=O) groups is 1. The van der Waals surface area contributed by atoms with Gasteiger partial charge in [-0.25, -0.2) is 4.98 Å². The van der Waals surface area contributed by atoms with Gasteiger partial charge in [-0.1, -0.05) is 36.4 Å². The van der Waals surface area contributed by atoms with E-state index in [9.17, 15) is 4.79 Å². The molecule has 0 spiro atoms. The molecule has 0 fully saturated rings. The maximum Gasteiger partial charge on any atom is 0.220 e. The molecule has 1 aromatic carbocycles. The van der Waals surface area contributed by atoms with E-state index in [0.717, 1.165) is 24.0 Å². The molecule has 3 rings (SSSR count). The molecule has 5 heteroatoms. The molecule has 1 amide bonds. The monoisotopic (exact) mass is 366 g/mol. The van der Waals surface area contributed by atoms with Gasteiger partial charge in [0.15, 0.2) is 0 Å². The number of rotatable bonds is 9. The van der Waals surface area contributed by atoms with E-state index < -0.39 is 0 Å². The van der Waals surface area contributed by atoms with E-state index in [1.807, 2.05) is 48.5 Å². The first-order valence-corrected chi connectivity index (χ1v) is 9.58. The van der Waals surface area contributed by atoms with E-state index in [-0.39, 0.29) is 5.91 Å². The van der Waals surface area contributed by atoms with Gasteiger partial charge < -0.3 is 10.1 Å². The van der Waals surface area contributed by atoms with Gasteiger partial charge in [0.1, 0.15) is 6.61 Å². The number of amides is 1. The Kier molecular flexibility index (Phi) is 6.79. The van der Waals surface area contributed by atoms with Crippen molar-refractivity contribution in [2.75, 3.05) is 0 Å². The summed E-state index contributed by atoms with van der Waals surface area (Å²) in [5, 5.41) is 5.03. The Morgan fingerprint density at radius 1 is 1.08 bits per heavy atom. The largest absolute Gasteiger partial charge is 0.473 e. The molecule has 1 N–H and O–H groups in total. The van der Waals surface area contributed by atoms with Gasteiger partial charge in [-0.2, -0.15) is 0 Å². The molecule has 0 atom stereocenters. The lowest BCUT2D eigenvalue weighted by atomic mass is 10.2. The Morgan fingerprint density at radius 3 is 2.77 bits per heavy atom. The fourth-order valence-corrected chi connectivity index (χ4v) is 3.29. The molecular formula is C21H22N2O2S. The van der Waals surface area contributed by atoms with Gasteiger partial charge in [-0.05, 0) is 41.5 Å². The maximum absolute atomic E-state index is 12.0. The van der Waals surface area contributed by atoms with E-state index in [0.29, 0.717) is 25.5 Å². The zero-order valence-electron chi connectivity index (χ0n) is 14.6. The number of aromatic nitrogens is 1. The van der Waals surface area contributed by atoms with Gasteiger partial charge >= 0.3 is 0 Å². The molecule has 134 valence electrons. The Hall–Kier alpha value is -2.66. The second-order valence-electron chi connectivity index (χ2n) is 5.99. The summed E-state index contributed by atoms with van der Waals surface area (Å²) >= 11 is 1.74. The number of hydrogen-bond donors (Lipinski definition) is 1. The predicted octanol–water partition coefficient (Wildman–Crippen LogP) is 4.36. The highest BCUT2D eigenvalue weighted by molar-refractivity contribution is 7.09. The molecular weight excluding hydrogens is 344 g/mol. The lowest BCUT2D eigenvalue weighted by Gasteiger charge is -2.08. The van der Waals surface area contributed by atoms with Crippen LogP contribution in [0.1, 0.15) is 28.8 Å². The smallest absolute Gasteiger partial charge is 0.220 e. The third-order valence-electron chi connectivity index (χ3n) is 3.93. The molecule has 0 bridgehead atoms. The van der Waals surface area contributed by atoms with Gasteiger partial charge in [0.05, 0.1) is 0 Å². The topological polar surface area (TPSA) is 51.2 Å². The molecule has 0 radical (unpaired) electrons. The fraction of sp³-hybridized carbons (Fsp3) is 0.238. The van der Waals surface area contributed by atoms with Crippen molar-refractivity contribution >= 4 is 17.2 Å². The number of benzene rings is 1. The Morgan fingerprint density at radius 2 is 1.96 bits per heavy atom. The van der Waals surface area contributed by atoms with Crippen molar-refractivity contribution in [2.24, 2.45) is 0 Å². The molecule has 4 nitrogen and oxygen atoms in total. The van der Waals surface area contributed by atoms with Crippen molar-refractivity contribution in [3.05, 3.63) is 82.2 Å². The highest BCUT2D eigenvalue weighted by Crippen LogP contribution is 2.13. The number of ether oxygens (including phenoxy) is 1. The molecule has 3 aromatic rings. The standard InChI is InChI=1S/C21H22N2O2S/c24-20(10-4-8-19-9-5-13-26-19)23-15-18-11-12-22-21(14-18)25-16-17-6-2-1-3-7-17/h1-3,5-7,9,11-14H,4,8,10,15-16H2,(H,23,24). The first-order chi connectivity index (χ1) is 12.8. The van der Waals surface area contributed by atoms with Crippen LogP contribution in [0.25, 0.3) is 0 Å². The van der Waals surface area contributed by atoms with Gasteiger partial charge in [0.2, 0.25) is 11.8 Å². The third kappa shape index (κ3) is 6.01. The van der Waals surface area contributed by atoms with Crippen LogP contribution in [-0.2, 0) is 24.4 Å². The average Bonchev–Trinajstić information content (AvgIpc) is 3.19. The highest BCUT2D eigenvalue weighted by atomic mass is 32.1. The SMILES string of the molecule is O=C(CCCc1cccs1)NCc1ccnc(OCc2ccccc2)c1. The number of aryl methyl sites for hydroxylation is 1. The number of nitrogens with one attached hydrogen (secondary N) is 1. The maximum atomic E-state index is 12.0. The Balaban J connectivity index is 1.40. The zero-order valence-corrected chi connectivity index (χ0v) is 15.4. The van der Waals surface area contributed by atoms with Gasteiger partial charge in [0, 0.05) is 30.1 Å². The summed E-state index contributed by atoms with van der Waals surface area (Å²) in [6.45, 7) is 0.967. The molecule has 2 aromatic heterocycles. The summed E-state index contributed by atoms with van der Waals surface area (Å²) in [6.07, 6.45) is 4.07. The summed E-state index contributed by atoms with van der Waals surface area (Å²) in [5.41, 5.74) is 2.08. The molecule has 0 aliphatic carbocycles. The van der Waals surface area contributed by atoms with Crippen LogP contribution in [-0.4, -0.2) is 10.9 Å². The van der Waals surface area contributed by atoms with Crippen LogP contribution in [0.5, 0.6) is 5.88 Å². The van der Waals surface area contributed by atoms with Crippen LogP contribution in [0.2, 0.25) is 0 Å². The molecule has 0 unspecified atom stereocenters. The van der Waals surface area contributed by atoms with Crippen LogP contribution in [0.15, 0.2) is 66.2 Å². The predicted molar refractivity (Wildman–Crippen MR) is 104 cm³/mol. The van der Waals surface area contributed by atoms with Crippen LogP contribution < -0.4 is 10.1 Å². The first-order valence-electron chi connectivity index (χ1n) is 8.70. The zero-order chi connectivity index (χ0) is 18.0. The molecule has 0 aliphatic heterocycles. The van der Waals surface area contributed by atoms with Crippen molar-refractivity contribution < 1.29 is 9.53 Å². The summed E-state index contributed by atoms with van der Waals surface area (Å²) < 4.78 is 5.72. The second kappa shape index (κ2) is 9.73. The van der Waals surface area contributed by atoms with Crippen LogP contribution in [0, 0.1) is 0 Å². The molecule has 2 heterocycles. The fourth-order valence-electron chi connectivity index (χ4n) is 2.54. The highest BCUT2D eigenvalue weighted by Gasteiger charge is 2.04. The minimum Gasteiger partial charge on any atom is -0.473 e. The first kappa shape index (κ1) is 18.1. The summed E-state index contributed by atoms with van der Waals surface area (Å²) in [5.74, 6) is 0.642. The summed E-state index contributed by atoms with van der Waals surface area (Å²) in [4.78, 5) is 17.5. The quantitative estimate of drug-likeness (QED) is 0.612. The van der Waals surface area contributed by atoms with Crippen LogP contribution in [0.4, 0.5) is 0 Å². The Labute approximate surface area is 157 Å². The van der Waals surface area contributed by atoms with E-state index in [2.05, 4.69) is 21.7 Å². The molecule has 0 saturated heterocycles. The van der Waals surface area contributed by atoms with E-state index in [1.165, 1.54) is 4.88 Å². The minimum absolute atomic E-state index is 0.0742. The number of nitrogens with zero attached hydrogens (tertiary/aromatic N) is 1. The van der Waals surface area contributed by atoms with Crippen molar-refractivity contribution in [1.82, 2.24) is 10.3 Å². The molecule has 26 heavy (non-hydrogen) atoms. The average molecular weight is 366 g/mol. The lowest BCUT2D eigenvalue weighted by molar-refractivity contribution is -0.121. The van der Waals surface area contributed by atoms with E-state index in [1.54, 1.807) is 17.5 Å². The van der Waals surface area contributed by atoms with Crippen molar-refractivity contribution in [1.29, 1.82) is 0 Å². The van der Waals surface area contributed by atoms with Gasteiger partial charge in [0.25, 0.3) is 0 Å². The van der Waals surface area contributed by atoms with Crippen molar-refractivity contribution in [2.45, 2.75) is 32.4 Å².